The third-order valence-electron chi connectivity index (χ3n) is 2.70. The molecule has 1 amide bonds. The van der Waals surface area contributed by atoms with Crippen LogP contribution in [-0.4, -0.2) is 17.1 Å². The van der Waals surface area contributed by atoms with Crippen LogP contribution >= 0.6 is 0 Å². The molecule has 1 unspecified atom stereocenters. The predicted molar refractivity (Wildman–Crippen MR) is 71.5 cm³/mol. The molecular weight excluding hydrogens is 278 g/mol. The number of rotatable bonds is 6. The lowest BCUT2D eigenvalue weighted by molar-refractivity contribution is -0.127. The van der Waals surface area contributed by atoms with Crippen LogP contribution < -0.4 is 15.5 Å². The highest BCUT2D eigenvalue weighted by Crippen LogP contribution is 2.08. The van der Waals surface area contributed by atoms with Gasteiger partial charge in [0.25, 0.3) is 5.91 Å². The molecule has 7 heteroatoms. The molecule has 2 aromatic heterocycles. The normalized spacial score (nSPS) is 11.9. The number of amides is 1. The van der Waals surface area contributed by atoms with Crippen LogP contribution in [0.1, 0.15) is 18.4 Å². The third-order valence-corrected chi connectivity index (χ3v) is 2.70. The van der Waals surface area contributed by atoms with Crippen molar-refractivity contribution in [3.05, 3.63) is 52.5 Å². The first-order valence-electron chi connectivity index (χ1n) is 6.29. The first-order valence-corrected chi connectivity index (χ1v) is 6.29. The minimum absolute atomic E-state index is 0.0900. The van der Waals surface area contributed by atoms with Gasteiger partial charge < -0.3 is 24.0 Å². The van der Waals surface area contributed by atoms with Gasteiger partial charge in [-0.3, -0.25) is 9.59 Å². The number of ether oxygens (including phenoxy) is 1. The molecule has 2 rings (SSSR count). The van der Waals surface area contributed by atoms with Crippen molar-refractivity contribution in [3.63, 3.8) is 0 Å². The van der Waals surface area contributed by atoms with E-state index in [-0.39, 0.29) is 24.7 Å². The van der Waals surface area contributed by atoms with Gasteiger partial charge in [-0.15, -0.1) is 0 Å². The van der Waals surface area contributed by atoms with E-state index < -0.39 is 17.4 Å². The number of aliphatic hydroxyl groups excluding tert-OH is 1. The third kappa shape index (κ3) is 3.96. The molecule has 1 atom stereocenters. The molecule has 0 aliphatic rings. The zero-order chi connectivity index (χ0) is 15.2. The van der Waals surface area contributed by atoms with Crippen molar-refractivity contribution in [1.29, 1.82) is 0 Å². The van der Waals surface area contributed by atoms with Crippen molar-refractivity contribution in [3.8, 4) is 5.75 Å². The fourth-order valence-corrected chi connectivity index (χ4v) is 1.58. The van der Waals surface area contributed by atoms with Crippen LogP contribution in [0.25, 0.3) is 0 Å². The van der Waals surface area contributed by atoms with Crippen molar-refractivity contribution in [2.75, 3.05) is 0 Å². The van der Waals surface area contributed by atoms with Crippen LogP contribution in [0, 0.1) is 0 Å². The summed E-state index contributed by atoms with van der Waals surface area (Å²) in [7, 11) is 0. The fourth-order valence-electron chi connectivity index (χ4n) is 1.58. The Morgan fingerprint density at radius 1 is 1.43 bits per heavy atom. The maximum atomic E-state index is 11.8. The second-order valence-electron chi connectivity index (χ2n) is 4.29. The quantitative estimate of drug-likeness (QED) is 0.817. The molecule has 2 heterocycles. The lowest BCUT2D eigenvalue weighted by atomic mass is 10.3. The van der Waals surface area contributed by atoms with Gasteiger partial charge in [0.05, 0.1) is 12.8 Å². The summed E-state index contributed by atoms with van der Waals surface area (Å²) >= 11 is 0. The molecule has 2 N–H and O–H groups in total. The minimum Gasteiger partial charge on any atom is -0.474 e. The summed E-state index contributed by atoms with van der Waals surface area (Å²) in [5.74, 6) is 0.259. The van der Waals surface area contributed by atoms with Gasteiger partial charge in [-0.05, 0) is 19.1 Å². The summed E-state index contributed by atoms with van der Waals surface area (Å²) in [5.41, 5.74) is -0.462. The summed E-state index contributed by atoms with van der Waals surface area (Å²) < 4.78 is 15.3. The van der Waals surface area contributed by atoms with Crippen LogP contribution in [0.4, 0.5) is 0 Å². The molecule has 0 aliphatic heterocycles. The number of aliphatic hydroxyl groups is 1. The van der Waals surface area contributed by atoms with Crippen molar-refractivity contribution in [2.24, 2.45) is 0 Å². The maximum absolute atomic E-state index is 11.8. The monoisotopic (exact) mass is 293 g/mol. The number of hydrogen-bond donors (Lipinski definition) is 2. The predicted octanol–water partition coefficient (Wildman–Crippen LogP) is 0.809. The van der Waals surface area contributed by atoms with Crippen LogP contribution in [-0.2, 0) is 17.9 Å². The van der Waals surface area contributed by atoms with Gasteiger partial charge >= 0.3 is 0 Å². The van der Waals surface area contributed by atoms with Crippen LogP contribution in [0.5, 0.6) is 5.75 Å². The van der Waals surface area contributed by atoms with Crippen molar-refractivity contribution in [1.82, 2.24) is 5.32 Å². The highest BCUT2D eigenvalue weighted by molar-refractivity contribution is 5.80. The fraction of sp³-hybridized carbons (Fsp3) is 0.286. The molecule has 0 aromatic carbocycles. The molecule has 0 aliphatic carbocycles. The Labute approximate surface area is 120 Å². The average Bonchev–Trinajstić information content (AvgIpc) is 3.00. The standard InChI is InChI=1S/C14H15NO6/c1-9(14(18)15-6-10-3-2-4-19-10)21-13-8-20-11(7-16)5-12(13)17/h2-5,8-9,16H,6-7H2,1H3,(H,15,18). The van der Waals surface area contributed by atoms with Crippen molar-refractivity contribution >= 4 is 5.91 Å². The van der Waals surface area contributed by atoms with E-state index in [9.17, 15) is 9.59 Å². The van der Waals surface area contributed by atoms with Gasteiger partial charge in [-0.1, -0.05) is 0 Å². The molecule has 7 nitrogen and oxygen atoms in total. The molecule has 112 valence electrons. The average molecular weight is 293 g/mol. The van der Waals surface area contributed by atoms with Crippen LogP contribution in [0.15, 0.2) is 44.4 Å². The molecule has 0 bridgehead atoms. The highest BCUT2D eigenvalue weighted by atomic mass is 16.5. The zero-order valence-corrected chi connectivity index (χ0v) is 11.4. The Morgan fingerprint density at radius 3 is 2.86 bits per heavy atom. The van der Waals surface area contributed by atoms with E-state index in [2.05, 4.69) is 5.32 Å². The lowest BCUT2D eigenvalue weighted by Crippen LogP contribution is -2.36. The molecule has 0 saturated heterocycles. The van der Waals surface area contributed by atoms with E-state index in [0.717, 1.165) is 12.3 Å². The van der Waals surface area contributed by atoms with Crippen molar-refractivity contribution in [2.45, 2.75) is 26.2 Å². The molecule has 0 saturated carbocycles. The molecule has 21 heavy (non-hydrogen) atoms. The number of hydrogen-bond acceptors (Lipinski definition) is 6. The van der Waals surface area contributed by atoms with Crippen LogP contribution in [0.2, 0.25) is 0 Å². The van der Waals surface area contributed by atoms with Crippen LogP contribution in [0.3, 0.4) is 0 Å². The van der Waals surface area contributed by atoms with Gasteiger partial charge in [0.15, 0.2) is 6.10 Å². The topological polar surface area (TPSA) is 102 Å². The summed E-state index contributed by atoms with van der Waals surface area (Å²) in [6, 6.07) is 4.56. The second kappa shape index (κ2) is 6.76. The van der Waals surface area contributed by atoms with Gasteiger partial charge in [0, 0.05) is 6.07 Å². The lowest BCUT2D eigenvalue weighted by Gasteiger charge is -2.13. The molecule has 0 radical (unpaired) electrons. The number of furan rings is 1. The Balaban J connectivity index is 1.92. The van der Waals surface area contributed by atoms with E-state index >= 15 is 0 Å². The van der Waals surface area contributed by atoms with Gasteiger partial charge in [-0.2, -0.15) is 0 Å². The summed E-state index contributed by atoms with van der Waals surface area (Å²) in [5, 5.41) is 11.5. The molecular formula is C14H15NO6. The summed E-state index contributed by atoms with van der Waals surface area (Å²) in [6.07, 6.45) is 1.71. The van der Waals surface area contributed by atoms with E-state index in [1.54, 1.807) is 12.1 Å². The highest BCUT2D eigenvalue weighted by Gasteiger charge is 2.16. The minimum atomic E-state index is -0.872. The van der Waals surface area contributed by atoms with E-state index in [4.69, 9.17) is 18.7 Å². The summed E-state index contributed by atoms with van der Waals surface area (Å²) in [6.45, 7) is 1.36. The summed E-state index contributed by atoms with van der Waals surface area (Å²) in [4.78, 5) is 23.5. The number of nitrogens with one attached hydrogen (secondary N) is 1. The van der Waals surface area contributed by atoms with E-state index in [0.29, 0.717) is 5.76 Å². The van der Waals surface area contributed by atoms with Gasteiger partial charge in [0.2, 0.25) is 11.2 Å². The maximum Gasteiger partial charge on any atom is 0.261 e. The number of carbonyl (C=O) groups is 1. The second-order valence-corrected chi connectivity index (χ2v) is 4.29. The Hall–Kier alpha value is -2.54. The van der Waals surface area contributed by atoms with Crippen molar-refractivity contribution < 1.29 is 23.5 Å². The molecule has 0 fully saturated rings. The van der Waals surface area contributed by atoms with E-state index in [1.165, 1.54) is 13.2 Å². The van der Waals surface area contributed by atoms with E-state index in [1.807, 2.05) is 0 Å². The zero-order valence-electron chi connectivity index (χ0n) is 11.4. The molecule has 0 spiro atoms. The van der Waals surface area contributed by atoms with Gasteiger partial charge in [-0.25, -0.2) is 0 Å². The smallest absolute Gasteiger partial charge is 0.261 e. The Morgan fingerprint density at radius 2 is 2.24 bits per heavy atom. The first kappa shape index (κ1) is 14.9. The Bertz CT molecular complexity index is 646. The number of carbonyl (C=O) groups excluding carboxylic acids is 1. The SMILES string of the molecule is CC(Oc1coc(CO)cc1=O)C(=O)NCc1ccco1. The molecule has 2 aromatic rings. The van der Waals surface area contributed by atoms with Gasteiger partial charge in [0.1, 0.15) is 24.4 Å². The largest absolute Gasteiger partial charge is 0.474 e. The Kier molecular flexibility index (Phi) is 4.78. The first-order chi connectivity index (χ1) is 10.1.